The van der Waals surface area contributed by atoms with Gasteiger partial charge in [-0.3, -0.25) is 4.79 Å². The Labute approximate surface area is 93.2 Å². The molecule has 15 heavy (non-hydrogen) atoms. The van der Waals surface area contributed by atoms with Gasteiger partial charge >= 0.3 is 0 Å². The van der Waals surface area contributed by atoms with E-state index in [0.717, 1.165) is 24.4 Å². The zero-order chi connectivity index (χ0) is 10.5. The molecule has 0 saturated heterocycles. The highest BCUT2D eigenvalue weighted by molar-refractivity contribution is 7.12. The van der Waals surface area contributed by atoms with Crippen molar-refractivity contribution in [2.75, 3.05) is 19.6 Å². The van der Waals surface area contributed by atoms with Gasteiger partial charge in [0.1, 0.15) is 0 Å². The fourth-order valence-electron chi connectivity index (χ4n) is 1.52. The molecule has 3 nitrogen and oxygen atoms in total. The summed E-state index contributed by atoms with van der Waals surface area (Å²) >= 11 is 1.47. The van der Waals surface area contributed by atoms with Crippen molar-refractivity contribution < 1.29 is 4.79 Å². The molecule has 0 fully saturated rings. The zero-order valence-corrected chi connectivity index (χ0v) is 9.27. The first-order chi connectivity index (χ1) is 7.36. The van der Waals surface area contributed by atoms with Gasteiger partial charge in [0, 0.05) is 13.1 Å². The molecule has 1 aromatic rings. The van der Waals surface area contributed by atoms with Crippen LogP contribution in [0, 0.1) is 0 Å². The highest BCUT2D eigenvalue weighted by Gasteiger charge is 2.07. The molecule has 0 spiro atoms. The maximum Gasteiger partial charge on any atom is 0.261 e. The molecule has 0 aliphatic carbocycles. The van der Waals surface area contributed by atoms with E-state index < -0.39 is 0 Å². The third kappa shape index (κ3) is 2.91. The minimum atomic E-state index is 0.0319. The molecule has 1 aliphatic rings. The van der Waals surface area contributed by atoms with Gasteiger partial charge in [-0.05, 0) is 24.4 Å². The number of thiophene rings is 1. The predicted octanol–water partition coefficient (Wildman–Crippen LogP) is 1.40. The van der Waals surface area contributed by atoms with Crippen molar-refractivity contribution in [1.29, 1.82) is 0 Å². The van der Waals surface area contributed by atoms with Gasteiger partial charge in [0.05, 0.1) is 4.88 Å². The van der Waals surface area contributed by atoms with Crippen LogP contribution >= 0.6 is 11.3 Å². The molecule has 2 N–H and O–H groups in total. The van der Waals surface area contributed by atoms with Crippen LogP contribution in [0.5, 0.6) is 0 Å². The van der Waals surface area contributed by atoms with E-state index in [2.05, 4.69) is 16.7 Å². The van der Waals surface area contributed by atoms with Crippen LogP contribution in [-0.4, -0.2) is 25.5 Å². The molecule has 0 aromatic carbocycles. The molecule has 0 atom stereocenters. The number of hydrogen-bond acceptors (Lipinski definition) is 3. The van der Waals surface area contributed by atoms with Crippen molar-refractivity contribution in [2.45, 2.75) is 6.42 Å². The number of carbonyl (C=O) groups is 1. The summed E-state index contributed by atoms with van der Waals surface area (Å²) in [6, 6.07) is 3.74. The van der Waals surface area contributed by atoms with Gasteiger partial charge in [0.2, 0.25) is 0 Å². The molecule has 0 radical (unpaired) electrons. The summed E-state index contributed by atoms with van der Waals surface area (Å²) in [6.07, 6.45) is 3.18. The number of nitrogens with one attached hydrogen (secondary N) is 2. The molecule has 80 valence electrons. The molecule has 1 amide bonds. The Balaban J connectivity index is 1.83. The second-order valence-electron chi connectivity index (χ2n) is 3.48. The molecule has 0 bridgehead atoms. The van der Waals surface area contributed by atoms with E-state index in [9.17, 15) is 4.79 Å². The highest BCUT2D eigenvalue weighted by atomic mass is 32.1. The van der Waals surface area contributed by atoms with Crippen LogP contribution in [-0.2, 0) is 0 Å². The summed E-state index contributed by atoms with van der Waals surface area (Å²) < 4.78 is 0. The second-order valence-corrected chi connectivity index (χ2v) is 4.42. The smallest absolute Gasteiger partial charge is 0.261 e. The molecule has 2 rings (SSSR count). The Hall–Kier alpha value is -1.13. The van der Waals surface area contributed by atoms with Crippen LogP contribution in [0.15, 0.2) is 29.2 Å². The van der Waals surface area contributed by atoms with Crippen LogP contribution < -0.4 is 10.6 Å². The average Bonchev–Trinajstić information content (AvgIpc) is 2.81. The van der Waals surface area contributed by atoms with E-state index in [0.29, 0.717) is 6.54 Å². The topological polar surface area (TPSA) is 41.1 Å². The van der Waals surface area contributed by atoms with Gasteiger partial charge in [-0.25, -0.2) is 0 Å². The van der Waals surface area contributed by atoms with Gasteiger partial charge in [0.25, 0.3) is 5.91 Å². The van der Waals surface area contributed by atoms with Crippen molar-refractivity contribution in [2.24, 2.45) is 0 Å². The molecule has 4 heteroatoms. The lowest BCUT2D eigenvalue weighted by molar-refractivity contribution is 0.0960. The first-order valence-corrected chi connectivity index (χ1v) is 5.94. The lowest BCUT2D eigenvalue weighted by Crippen LogP contribution is -2.29. The van der Waals surface area contributed by atoms with E-state index in [1.54, 1.807) is 0 Å². The molecule has 0 saturated carbocycles. The van der Waals surface area contributed by atoms with E-state index in [4.69, 9.17) is 0 Å². The maximum atomic E-state index is 11.6. The van der Waals surface area contributed by atoms with E-state index in [-0.39, 0.29) is 5.91 Å². The first-order valence-electron chi connectivity index (χ1n) is 5.06. The summed E-state index contributed by atoms with van der Waals surface area (Å²) in [5.74, 6) is 0.0319. The summed E-state index contributed by atoms with van der Waals surface area (Å²) in [5.41, 5.74) is 1.32. The SMILES string of the molecule is O=C(NCC1=CCNCC1)c1cccs1. The minimum Gasteiger partial charge on any atom is -0.348 e. The Morgan fingerprint density at radius 3 is 3.20 bits per heavy atom. The normalized spacial score (nSPS) is 15.9. The van der Waals surface area contributed by atoms with Crippen LogP contribution in [0.3, 0.4) is 0 Å². The fraction of sp³-hybridized carbons (Fsp3) is 0.364. The van der Waals surface area contributed by atoms with Crippen LogP contribution in [0.4, 0.5) is 0 Å². The zero-order valence-electron chi connectivity index (χ0n) is 8.45. The third-order valence-electron chi connectivity index (χ3n) is 2.38. The summed E-state index contributed by atoms with van der Waals surface area (Å²) in [5, 5.41) is 8.09. The van der Waals surface area contributed by atoms with Gasteiger partial charge in [-0.1, -0.05) is 17.7 Å². The van der Waals surface area contributed by atoms with Crippen LogP contribution in [0.1, 0.15) is 16.1 Å². The standard InChI is InChI=1S/C11H14N2OS/c14-11(10-2-1-7-15-10)13-8-9-3-5-12-6-4-9/h1-3,7,12H,4-6,8H2,(H,13,14). The maximum absolute atomic E-state index is 11.6. The van der Waals surface area contributed by atoms with E-state index >= 15 is 0 Å². The molecule has 1 aromatic heterocycles. The third-order valence-corrected chi connectivity index (χ3v) is 3.25. The van der Waals surface area contributed by atoms with Gasteiger partial charge in [-0.15, -0.1) is 11.3 Å². The molecule has 0 unspecified atom stereocenters. The molecular formula is C11H14N2OS. The van der Waals surface area contributed by atoms with Crippen molar-refractivity contribution in [3.05, 3.63) is 34.0 Å². The Kier molecular flexibility index (Phi) is 3.53. The van der Waals surface area contributed by atoms with Crippen molar-refractivity contribution >= 4 is 17.2 Å². The van der Waals surface area contributed by atoms with Crippen LogP contribution in [0.2, 0.25) is 0 Å². The Morgan fingerprint density at radius 2 is 2.53 bits per heavy atom. The Bertz CT molecular complexity index is 357. The molecule has 1 aliphatic heterocycles. The summed E-state index contributed by atoms with van der Waals surface area (Å²) in [6.45, 7) is 2.61. The number of rotatable bonds is 3. The monoisotopic (exact) mass is 222 g/mol. The number of hydrogen-bond donors (Lipinski definition) is 2. The predicted molar refractivity (Wildman–Crippen MR) is 62.2 cm³/mol. The van der Waals surface area contributed by atoms with Crippen LogP contribution in [0.25, 0.3) is 0 Å². The highest BCUT2D eigenvalue weighted by Crippen LogP contribution is 2.08. The summed E-state index contributed by atoms with van der Waals surface area (Å²) in [7, 11) is 0. The van der Waals surface area contributed by atoms with Gasteiger partial charge in [0.15, 0.2) is 0 Å². The number of amides is 1. The average molecular weight is 222 g/mol. The van der Waals surface area contributed by atoms with Crippen molar-refractivity contribution in [3.63, 3.8) is 0 Å². The van der Waals surface area contributed by atoms with Crippen molar-refractivity contribution in [1.82, 2.24) is 10.6 Å². The van der Waals surface area contributed by atoms with Gasteiger partial charge in [-0.2, -0.15) is 0 Å². The van der Waals surface area contributed by atoms with Gasteiger partial charge < -0.3 is 10.6 Å². The summed E-state index contributed by atoms with van der Waals surface area (Å²) in [4.78, 5) is 12.4. The molecule has 2 heterocycles. The quantitative estimate of drug-likeness (QED) is 0.759. The van der Waals surface area contributed by atoms with E-state index in [1.807, 2.05) is 17.5 Å². The first kappa shape index (κ1) is 10.4. The lowest BCUT2D eigenvalue weighted by Gasteiger charge is -2.14. The van der Waals surface area contributed by atoms with E-state index in [1.165, 1.54) is 16.9 Å². The second kappa shape index (κ2) is 5.09. The lowest BCUT2D eigenvalue weighted by atomic mass is 10.1. The number of carbonyl (C=O) groups excluding carboxylic acids is 1. The minimum absolute atomic E-state index is 0.0319. The largest absolute Gasteiger partial charge is 0.348 e. The van der Waals surface area contributed by atoms with Crippen molar-refractivity contribution in [3.8, 4) is 0 Å². The Morgan fingerprint density at radius 1 is 1.60 bits per heavy atom. The fourth-order valence-corrected chi connectivity index (χ4v) is 2.16. The molecular weight excluding hydrogens is 208 g/mol.